The van der Waals surface area contributed by atoms with E-state index in [1.54, 1.807) is 11.8 Å². The van der Waals surface area contributed by atoms with Gasteiger partial charge in [0.2, 0.25) is 0 Å². The highest BCUT2D eigenvalue weighted by Crippen LogP contribution is 2.26. The van der Waals surface area contributed by atoms with Gasteiger partial charge in [-0.2, -0.15) is 0 Å². The van der Waals surface area contributed by atoms with Crippen molar-refractivity contribution in [3.8, 4) is 0 Å². The molecule has 12 heavy (non-hydrogen) atoms. The molecule has 1 aromatic heterocycles. The van der Waals surface area contributed by atoms with E-state index in [1.165, 1.54) is 10.7 Å². The Balaban J connectivity index is 3.11. The molecule has 68 valence electrons. The number of hydrogen-bond acceptors (Lipinski definition) is 1. The first-order valence-electron chi connectivity index (χ1n) is 4.17. The van der Waals surface area contributed by atoms with Crippen LogP contribution in [0.25, 0.3) is 0 Å². The van der Waals surface area contributed by atoms with Crippen LogP contribution in [-0.2, 0) is 12.5 Å². The molecular weight excluding hydrogens is 166 g/mol. The molecule has 0 spiro atoms. The third-order valence-corrected chi connectivity index (χ3v) is 2.88. The van der Waals surface area contributed by atoms with Gasteiger partial charge in [0.25, 0.3) is 0 Å². The van der Waals surface area contributed by atoms with E-state index in [0.717, 1.165) is 0 Å². The predicted molar refractivity (Wildman–Crippen MR) is 55.9 cm³/mol. The highest BCUT2D eigenvalue weighted by atomic mass is 32.2. The third-order valence-electron chi connectivity index (χ3n) is 2.05. The van der Waals surface area contributed by atoms with Crippen molar-refractivity contribution in [2.75, 3.05) is 6.26 Å². The minimum Gasteiger partial charge on any atom is -0.342 e. The molecule has 0 unspecified atom stereocenters. The molecule has 0 saturated heterocycles. The van der Waals surface area contributed by atoms with Gasteiger partial charge in [-0.25, -0.2) is 0 Å². The molecule has 1 heterocycles. The van der Waals surface area contributed by atoms with Crippen molar-refractivity contribution in [3.05, 3.63) is 17.8 Å². The molecule has 0 aliphatic rings. The van der Waals surface area contributed by atoms with Crippen LogP contribution in [0.2, 0.25) is 0 Å². The lowest BCUT2D eigenvalue weighted by Crippen LogP contribution is -2.15. The quantitative estimate of drug-likeness (QED) is 0.606. The van der Waals surface area contributed by atoms with Crippen LogP contribution in [0.3, 0.4) is 0 Å². The van der Waals surface area contributed by atoms with Gasteiger partial charge in [-0.1, -0.05) is 20.8 Å². The van der Waals surface area contributed by atoms with Crippen LogP contribution in [0, 0.1) is 0 Å². The summed E-state index contributed by atoms with van der Waals surface area (Å²) in [5.74, 6) is 0. The first-order valence-corrected chi connectivity index (χ1v) is 5.39. The SMILES string of the molecule is CSc1ccc(C(C)(C)C)n1C. The van der Waals surface area contributed by atoms with E-state index in [4.69, 9.17) is 0 Å². The Labute approximate surface area is 79.2 Å². The van der Waals surface area contributed by atoms with E-state index in [9.17, 15) is 0 Å². The van der Waals surface area contributed by atoms with Crippen molar-refractivity contribution < 1.29 is 0 Å². The summed E-state index contributed by atoms with van der Waals surface area (Å²) in [4.78, 5) is 0. The number of hydrogen-bond donors (Lipinski definition) is 0. The van der Waals surface area contributed by atoms with Gasteiger partial charge in [0, 0.05) is 18.2 Å². The van der Waals surface area contributed by atoms with Gasteiger partial charge >= 0.3 is 0 Å². The summed E-state index contributed by atoms with van der Waals surface area (Å²) in [6.45, 7) is 6.73. The standard InChI is InChI=1S/C10H17NS/c1-10(2,3)8-6-7-9(12-5)11(8)4/h6-7H,1-5H3. The molecule has 1 nitrogen and oxygen atoms in total. The average Bonchev–Trinajstić information content (AvgIpc) is 2.29. The molecule has 0 N–H and O–H groups in total. The van der Waals surface area contributed by atoms with Gasteiger partial charge in [0.1, 0.15) is 0 Å². The molecule has 1 rings (SSSR count). The normalized spacial score (nSPS) is 12.1. The van der Waals surface area contributed by atoms with E-state index >= 15 is 0 Å². The van der Waals surface area contributed by atoms with Crippen LogP contribution in [-0.4, -0.2) is 10.8 Å². The lowest BCUT2D eigenvalue weighted by atomic mass is 9.92. The number of aromatic nitrogens is 1. The van der Waals surface area contributed by atoms with Crippen LogP contribution in [0.1, 0.15) is 26.5 Å². The maximum absolute atomic E-state index is 2.27. The Morgan fingerprint density at radius 3 is 2.08 bits per heavy atom. The van der Waals surface area contributed by atoms with Crippen molar-refractivity contribution in [1.82, 2.24) is 4.57 Å². The zero-order valence-electron chi connectivity index (χ0n) is 8.51. The van der Waals surface area contributed by atoms with Crippen LogP contribution >= 0.6 is 11.8 Å². The Morgan fingerprint density at radius 1 is 1.25 bits per heavy atom. The third kappa shape index (κ3) is 1.69. The second-order valence-electron chi connectivity index (χ2n) is 4.07. The summed E-state index contributed by atoms with van der Waals surface area (Å²) >= 11 is 1.80. The molecule has 0 aromatic carbocycles. The van der Waals surface area contributed by atoms with Crippen LogP contribution in [0.5, 0.6) is 0 Å². The summed E-state index contributed by atoms with van der Waals surface area (Å²) in [5.41, 5.74) is 1.65. The zero-order valence-corrected chi connectivity index (χ0v) is 9.33. The van der Waals surface area contributed by atoms with Gasteiger partial charge in [0.05, 0.1) is 5.03 Å². The van der Waals surface area contributed by atoms with E-state index in [0.29, 0.717) is 0 Å². The topological polar surface area (TPSA) is 4.93 Å². The summed E-state index contributed by atoms with van der Waals surface area (Å²) in [6.07, 6.45) is 2.11. The first-order chi connectivity index (χ1) is 5.46. The molecule has 0 saturated carbocycles. The molecule has 0 atom stereocenters. The van der Waals surface area contributed by atoms with Crippen molar-refractivity contribution in [1.29, 1.82) is 0 Å². The largest absolute Gasteiger partial charge is 0.342 e. The van der Waals surface area contributed by atoms with Gasteiger partial charge in [0.15, 0.2) is 0 Å². The molecule has 0 aliphatic carbocycles. The van der Waals surface area contributed by atoms with Crippen molar-refractivity contribution in [2.24, 2.45) is 7.05 Å². The van der Waals surface area contributed by atoms with E-state index in [2.05, 4.69) is 50.8 Å². The minimum atomic E-state index is 0.253. The number of nitrogens with zero attached hydrogens (tertiary/aromatic N) is 1. The highest BCUT2D eigenvalue weighted by molar-refractivity contribution is 7.98. The molecule has 0 aliphatic heterocycles. The molecular formula is C10H17NS. The van der Waals surface area contributed by atoms with Crippen molar-refractivity contribution >= 4 is 11.8 Å². The Kier molecular flexibility index (Phi) is 2.57. The number of rotatable bonds is 1. The fraction of sp³-hybridized carbons (Fsp3) is 0.600. The Morgan fingerprint density at radius 2 is 1.83 bits per heavy atom. The second-order valence-corrected chi connectivity index (χ2v) is 4.90. The zero-order chi connectivity index (χ0) is 9.35. The molecule has 0 amide bonds. The maximum Gasteiger partial charge on any atom is 0.0745 e. The van der Waals surface area contributed by atoms with Gasteiger partial charge in [-0.3, -0.25) is 0 Å². The Hall–Kier alpha value is -0.370. The van der Waals surface area contributed by atoms with Crippen molar-refractivity contribution in [2.45, 2.75) is 31.2 Å². The smallest absolute Gasteiger partial charge is 0.0745 e. The summed E-state index contributed by atoms with van der Waals surface area (Å²) < 4.78 is 2.27. The lowest BCUT2D eigenvalue weighted by Gasteiger charge is -2.20. The summed E-state index contributed by atoms with van der Waals surface area (Å²) in [5, 5.41) is 1.33. The minimum absolute atomic E-state index is 0.253. The van der Waals surface area contributed by atoms with E-state index in [-0.39, 0.29) is 5.41 Å². The highest BCUT2D eigenvalue weighted by Gasteiger charge is 2.17. The monoisotopic (exact) mass is 183 g/mol. The second kappa shape index (κ2) is 3.17. The van der Waals surface area contributed by atoms with E-state index < -0.39 is 0 Å². The fourth-order valence-corrected chi connectivity index (χ4v) is 2.03. The van der Waals surface area contributed by atoms with Gasteiger partial charge < -0.3 is 4.57 Å². The van der Waals surface area contributed by atoms with Crippen LogP contribution in [0.15, 0.2) is 17.2 Å². The molecule has 0 fully saturated rings. The molecule has 0 bridgehead atoms. The molecule has 2 heteroatoms. The van der Waals surface area contributed by atoms with Gasteiger partial charge in [-0.15, -0.1) is 11.8 Å². The Bertz CT molecular complexity index is 268. The molecule has 1 aromatic rings. The average molecular weight is 183 g/mol. The van der Waals surface area contributed by atoms with Gasteiger partial charge in [-0.05, 0) is 18.4 Å². The number of thioether (sulfide) groups is 1. The molecule has 0 radical (unpaired) electrons. The van der Waals surface area contributed by atoms with E-state index in [1.807, 2.05) is 0 Å². The summed E-state index contributed by atoms with van der Waals surface area (Å²) in [6, 6.07) is 4.40. The van der Waals surface area contributed by atoms with Crippen LogP contribution in [0.4, 0.5) is 0 Å². The predicted octanol–water partition coefficient (Wildman–Crippen LogP) is 3.04. The lowest BCUT2D eigenvalue weighted by molar-refractivity contribution is 0.532. The van der Waals surface area contributed by atoms with Crippen molar-refractivity contribution in [3.63, 3.8) is 0 Å². The van der Waals surface area contributed by atoms with Crippen LogP contribution < -0.4 is 0 Å². The maximum atomic E-state index is 2.27. The summed E-state index contributed by atoms with van der Waals surface area (Å²) in [7, 11) is 2.13. The fourth-order valence-electron chi connectivity index (χ4n) is 1.45. The first kappa shape index (κ1) is 9.72.